The molecule has 19 heavy (non-hydrogen) atoms. The number of hydrogen-bond acceptors (Lipinski definition) is 3. The molecule has 0 amide bonds. The second-order valence-electron chi connectivity index (χ2n) is 4.02. The molecule has 0 aliphatic carbocycles. The third kappa shape index (κ3) is 5.19. The molecule has 1 unspecified atom stereocenters. The van der Waals surface area contributed by atoms with Gasteiger partial charge in [0.05, 0.1) is 7.11 Å². The number of aryl methyl sites for hydroxylation is 1. The minimum absolute atomic E-state index is 0.145. The van der Waals surface area contributed by atoms with E-state index in [2.05, 4.69) is 4.74 Å². The van der Waals surface area contributed by atoms with Crippen LogP contribution in [-0.2, 0) is 16.0 Å². The molecular weight excluding hydrogens is 261 g/mol. The molecule has 1 rings (SSSR count). The summed E-state index contributed by atoms with van der Waals surface area (Å²) in [5, 5.41) is 0. The van der Waals surface area contributed by atoms with Crippen LogP contribution >= 0.6 is 0 Å². The van der Waals surface area contributed by atoms with Crippen molar-refractivity contribution in [3.05, 3.63) is 29.8 Å². The molecule has 1 aromatic rings. The highest BCUT2D eigenvalue weighted by Crippen LogP contribution is 2.25. The van der Waals surface area contributed by atoms with Crippen LogP contribution in [0.15, 0.2) is 24.3 Å². The van der Waals surface area contributed by atoms with Gasteiger partial charge in [0.1, 0.15) is 5.75 Å². The Bertz CT molecular complexity index is 412. The molecule has 6 heteroatoms. The van der Waals surface area contributed by atoms with E-state index in [4.69, 9.17) is 4.74 Å². The molecule has 3 nitrogen and oxygen atoms in total. The SMILES string of the molecule is COC(=O)CCc1ccc(OC(C)C(F)(F)F)cc1. The largest absolute Gasteiger partial charge is 0.481 e. The number of carbonyl (C=O) groups excluding carboxylic acids is 1. The highest BCUT2D eigenvalue weighted by atomic mass is 19.4. The summed E-state index contributed by atoms with van der Waals surface area (Å²) in [6, 6.07) is 6.16. The molecular formula is C13H15F3O3. The first kappa shape index (κ1) is 15.3. The number of rotatable bonds is 5. The predicted molar refractivity (Wildman–Crippen MR) is 62.9 cm³/mol. The van der Waals surface area contributed by atoms with Gasteiger partial charge >= 0.3 is 12.1 Å². The lowest BCUT2D eigenvalue weighted by Gasteiger charge is -2.17. The van der Waals surface area contributed by atoms with Gasteiger partial charge in [0, 0.05) is 6.42 Å². The van der Waals surface area contributed by atoms with Crippen molar-refractivity contribution in [1.29, 1.82) is 0 Å². The third-order valence-corrected chi connectivity index (χ3v) is 2.54. The molecule has 0 bridgehead atoms. The number of alkyl halides is 3. The van der Waals surface area contributed by atoms with E-state index in [-0.39, 0.29) is 18.1 Å². The van der Waals surface area contributed by atoms with Crippen LogP contribution in [0.4, 0.5) is 13.2 Å². The molecule has 0 saturated heterocycles. The summed E-state index contributed by atoms with van der Waals surface area (Å²) in [5.41, 5.74) is 0.831. The number of carbonyl (C=O) groups is 1. The average Bonchev–Trinajstić information content (AvgIpc) is 2.36. The Morgan fingerprint density at radius 3 is 2.32 bits per heavy atom. The Balaban J connectivity index is 2.54. The summed E-state index contributed by atoms with van der Waals surface area (Å²) in [5.74, 6) is -0.183. The highest BCUT2D eigenvalue weighted by molar-refractivity contribution is 5.69. The van der Waals surface area contributed by atoms with Gasteiger partial charge in [0.25, 0.3) is 0 Å². The molecule has 0 aliphatic heterocycles. The minimum Gasteiger partial charge on any atom is -0.481 e. The highest BCUT2D eigenvalue weighted by Gasteiger charge is 2.37. The number of hydrogen-bond donors (Lipinski definition) is 0. The Hall–Kier alpha value is -1.72. The molecule has 0 radical (unpaired) electrons. The van der Waals surface area contributed by atoms with Crippen molar-refractivity contribution >= 4 is 5.97 Å². The van der Waals surface area contributed by atoms with Gasteiger partial charge in [-0.15, -0.1) is 0 Å². The number of esters is 1. The van der Waals surface area contributed by atoms with Crippen LogP contribution < -0.4 is 4.74 Å². The van der Waals surface area contributed by atoms with Gasteiger partial charge in [-0.25, -0.2) is 0 Å². The smallest absolute Gasteiger partial charge is 0.425 e. The Labute approximate surface area is 109 Å². The second kappa shape index (κ2) is 6.45. The normalized spacial score (nSPS) is 12.9. The zero-order chi connectivity index (χ0) is 14.5. The number of halogens is 3. The first-order valence-electron chi connectivity index (χ1n) is 5.72. The zero-order valence-electron chi connectivity index (χ0n) is 10.7. The van der Waals surface area contributed by atoms with E-state index in [1.165, 1.54) is 19.2 Å². The van der Waals surface area contributed by atoms with E-state index < -0.39 is 12.3 Å². The van der Waals surface area contributed by atoms with Crippen molar-refractivity contribution in [1.82, 2.24) is 0 Å². The molecule has 1 atom stereocenters. The van der Waals surface area contributed by atoms with Crippen LogP contribution in [0.5, 0.6) is 5.75 Å². The van der Waals surface area contributed by atoms with Crippen LogP contribution in [0, 0.1) is 0 Å². The summed E-state index contributed by atoms with van der Waals surface area (Å²) in [6.45, 7) is 0.950. The lowest BCUT2D eigenvalue weighted by Crippen LogP contribution is -2.31. The summed E-state index contributed by atoms with van der Waals surface area (Å²) in [7, 11) is 1.30. The van der Waals surface area contributed by atoms with Crippen molar-refractivity contribution in [3.8, 4) is 5.75 Å². The Morgan fingerprint density at radius 1 is 1.26 bits per heavy atom. The van der Waals surface area contributed by atoms with Crippen LogP contribution in [0.2, 0.25) is 0 Å². The molecule has 0 fully saturated rings. The van der Waals surface area contributed by atoms with Gasteiger partial charge in [-0.1, -0.05) is 12.1 Å². The van der Waals surface area contributed by atoms with Crippen molar-refractivity contribution < 1.29 is 27.4 Å². The topological polar surface area (TPSA) is 35.5 Å². The molecule has 106 valence electrons. The molecule has 0 aromatic heterocycles. The van der Waals surface area contributed by atoms with Crippen LogP contribution in [0.3, 0.4) is 0 Å². The van der Waals surface area contributed by atoms with Crippen LogP contribution in [-0.4, -0.2) is 25.4 Å². The van der Waals surface area contributed by atoms with Gasteiger partial charge in [-0.05, 0) is 31.0 Å². The van der Waals surface area contributed by atoms with E-state index in [0.717, 1.165) is 12.5 Å². The number of ether oxygens (including phenoxy) is 2. The van der Waals surface area contributed by atoms with Crippen LogP contribution in [0.25, 0.3) is 0 Å². The van der Waals surface area contributed by atoms with Crippen molar-refractivity contribution in [3.63, 3.8) is 0 Å². The lowest BCUT2D eigenvalue weighted by molar-refractivity contribution is -0.189. The number of methoxy groups -OCH3 is 1. The Morgan fingerprint density at radius 2 is 1.84 bits per heavy atom. The second-order valence-corrected chi connectivity index (χ2v) is 4.02. The third-order valence-electron chi connectivity index (χ3n) is 2.54. The maximum absolute atomic E-state index is 12.3. The van der Waals surface area contributed by atoms with Gasteiger partial charge < -0.3 is 9.47 Å². The molecule has 0 heterocycles. The Kier molecular flexibility index (Phi) is 5.20. The first-order valence-corrected chi connectivity index (χ1v) is 5.72. The van der Waals surface area contributed by atoms with Gasteiger partial charge in [0.15, 0.2) is 6.10 Å². The minimum atomic E-state index is -4.39. The summed E-state index contributed by atoms with van der Waals surface area (Å²) >= 11 is 0. The summed E-state index contributed by atoms with van der Waals surface area (Å²) in [6.07, 6.45) is -5.53. The van der Waals surface area contributed by atoms with Crippen molar-refractivity contribution in [2.45, 2.75) is 32.0 Å². The fourth-order valence-corrected chi connectivity index (χ4v) is 1.35. The maximum Gasteiger partial charge on any atom is 0.425 e. The fraction of sp³-hybridized carbons (Fsp3) is 0.462. The fourth-order valence-electron chi connectivity index (χ4n) is 1.35. The van der Waals surface area contributed by atoms with E-state index in [1.807, 2.05) is 0 Å². The van der Waals surface area contributed by atoms with E-state index in [0.29, 0.717) is 6.42 Å². The van der Waals surface area contributed by atoms with Gasteiger partial charge in [-0.3, -0.25) is 4.79 Å². The van der Waals surface area contributed by atoms with E-state index >= 15 is 0 Å². The quantitative estimate of drug-likeness (QED) is 0.775. The number of benzene rings is 1. The molecule has 0 aliphatic rings. The standard InChI is InChI=1S/C13H15F3O3/c1-9(13(14,15)16)19-11-6-3-10(4-7-11)5-8-12(17)18-2/h3-4,6-7,9H,5,8H2,1-2H3. The van der Waals surface area contributed by atoms with Gasteiger partial charge in [0.2, 0.25) is 0 Å². The summed E-state index contributed by atoms with van der Waals surface area (Å²) in [4.78, 5) is 10.9. The van der Waals surface area contributed by atoms with E-state index in [9.17, 15) is 18.0 Å². The van der Waals surface area contributed by atoms with Gasteiger partial charge in [-0.2, -0.15) is 13.2 Å². The monoisotopic (exact) mass is 276 g/mol. The lowest BCUT2D eigenvalue weighted by atomic mass is 10.1. The maximum atomic E-state index is 12.3. The molecule has 0 N–H and O–H groups in total. The average molecular weight is 276 g/mol. The molecule has 1 aromatic carbocycles. The van der Waals surface area contributed by atoms with E-state index in [1.54, 1.807) is 12.1 Å². The predicted octanol–water partition coefficient (Wildman–Crippen LogP) is 3.12. The molecule has 0 spiro atoms. The van der Waals surface area contributed by atoms with Crippen molar-refractivity contribution in [2.24, 2.45) is 0 Å². The molecule has 0 saturated carbocycles. The van der Waals surface area contributed by atoms with Crippen molar-refractivity contribution in [2.75, 3.05) is 7.11 Å². The van der Waals surface area contributed by atoms with Crippen LogP contribution in [0.1, 0.15) is 18.9 Å². The first-order chi connectivity index (χ1) is 8.82. The summed E-state index contributed by atoms with van der Waals surface area (Å²) < 4.78 is 46.1. The zero-order valence-corrected chi connectivity index (χ0v) is 10.7.